The van der Waals surface area contributed by atoms with Crippen molar-refractivity contribution in [1.82, 2.24) is 24.1 Å². The Balaban J connectivity index is 1.69. The lowest BCUT2D eigenvalue weighted by Gasteiger charge is -2.11. The molecule has 2 aromatic heterocycles. The minimum absolute atomic E-state index is 0.112. The maximum absolute atomic E-state index is 12.2. The fraction of sp³-hybridized carbons (Fsp3) is 0.200. The predicted octanol–water partition coefficient (Wildman–Crippen LogP) is 0.380. The number of benzene rings is 1. The number of amides is 1. The van der Waals surface area contributed by atoms with Crippen LogP contribution >= 0.6 is 11.3 Å². The van der Waals surface area contributed by atoms with Crippen molar-refractivity contribution < 1.29 is 13.2 Å². The maximum Gasteiger partial charge on any atom is 0.369 e. The number of hydrogen-bond donors (Lipinski definition) is 1. The highest BCUT2D eigenvalue weighted by atomic mass is 32.2. The number of carbonyl (C=O) groups is 1. The normalized spacial score (nSPS) is 11.7. The van der Waals surface area contributed by atoms with Gasteiger partial charge in [-0.1, -0.05) is 0 Å². The summed E-state index contributed by atoms with van der Waals surface area (Å²) in [5, 5.41) is 12.4. The molecule has 0 radical (unpaired) electrons. The Kier molecular flexibility index (Phi) is 5.21. The summed E-state index contributed by atoms with van der Waals surface area (Å²) in [6, 6.07) is 9.22. The highest BCUT2D eigenvalue weighted by Crippen LogP contribution is 2.16. The van der Waals surface area contributed by atoms with E-state index in [1.807, 2.05) is 0 Å². The molecular weight excluding hydrogens is 392 g/mol. The number of aromatic nitrogens is 4. The van der Waals surface area contributed by atoms with Crippen molar-refractivity contribution in [1.29, 1.82) is 0 Å². The maximum atomic E-state index is 12.2. The number of thiophene rings is 1. The summed E-state index contributed by atoms with van der Waals surface area (Å²) < 4.78 is 27.2. The smallest absolute Gasteiger partial charge is 0.324 e. The fourth-order valence-electron chi connectivity index (χ4n) is 2.16. The molecule has 1 aromatic carbocycles. The molecule has 0 spiro atoms. The molecule has 0 atom stereocenters. The zero-order chi connectivity index (χ0) is 19.6. The van der Waals surface area contributed by atoms with Crippen LogP contribution in [0, 0.1) is 0 Å². The van der Waals surface area contributed by atoms with Gasteiger partial charge in [0.1, 0.15) is 11.5 Å². The Morgan fingerprint density at radius 3 is 2.48 bits per heavy atom. The summed E-state index contributed by atoms with van der Waals surface area (Å²) in [4.78, 5) is 24.5. The van der Waals surface area contributed by atoms with Crippen LogP contribution in [0.15, 0.2) is 51.5 Å². The summed E-state index contributed by atoms with van der Waals surface area (Å²) in [6.07, 6.45) is 0. The third-order valence-electron chi connectivity index (χ3n) is 3.56. The van der Waals surface area contributed by atoms with E-state index in [0.717, 1.165) is 13.7 Å². The molecule has 1 amide bonds. The number of rotatable bonds is 6. The van der Waals surface area contributed by atoms with Crippen LogP contribution < -0.4 is 11.0 Å². The monoisotopic (exact) mass is 408 g/mol. The number of tetrazole rings is 1. The molecule has 0 aliphatic rings. The molecule has 1 N–H and O–H groups in total. The van der Waals surface area contributed by atoms with E-state index in [9.17, 15) is 18.0 Å². The Labute approximate surface area is 158 Å². The minimum atomic E-state index is -3.54. The molecule has 0 saturated heterocycles. The van der Waals surface area contributed by atoms with Gasteiger partial charge in [0.15, 0.2) is 0 Å². The highest BCUT2D eigenvalue weighted by molar-refractivity contribution is 7.89. The molecule has 10 nitrogen and oxygen atoms in total. The lowest BCUT2D eigenvalue weighted by molar-refractivity contribution is -0.117. The zero-order valence-electron chi connectivity index (χ0n) is 14.4. The van der Waals surface area contributed by atoms with E-state index >= 15 is 0 Å². The van der Waals surface area contributed by atoms with Gasteiger partial charge in [-0.2, -0.15) is 9.36 Å². The van der Waals surface area contributed by atoms with Gasteiger partial charge in [0.05, 0.1) is 4.90 Å². The quantitative estimate of drug-likeness (QED) is 0.630. The molecule has 3 rings (SSSR count). The van der Waals surface area contributed by atoms with Crippen LogP contribution in [0.5, 0.6) is 0 Å². The third kappa shape index (κ3) is 3.97. The van der Waals surface area contributed by atoms with Gasteiger partial charge in [0.2, 0.25) is 15.9 Å². The SMILES string of the molecule is CN(C)S(=O)(=O)c1ccc(NC(=O)Cn2nnn(-c3cccs3)c2=O)cc1. The number of sulfonamides is 1. The number of anilines is 1. The number of hydrogen-bond acceptors (Lipinski definition) is 7. The largest absolute Gasteiger partial charge is 0.369 e. The van der Waals surface area contributed by atoms with Crippen molar-refractivity contribution in [3.8, 4) is 5.00 Å². The van der Waals surface area contributed by atoms with Crippen molar-refractivity contribution in [2.45, 2.75) is 11.4 Å². The number of nitrogens with zero attached hydrogens (tertiary/aromatic N) is 5. The molecule has 0 aliphatic carbocycles. The molecule has 142 valence electrons. The molecule has 12 heteroatoms. The standard InChI is InChI=1S/C15H16N6O4S2/c1-19(2)27(24,25)12-7-5-11(6-8-12)16-13(22)10-20-15(23)21(18-17-20)14-4-3-9-26-14/h3-9H,10H2,1-2H3,(H,16,22). The van der Waals surface area contributed by atoms with Crippen molar-refractivity contribution in [2.24, 2.45) is 0 Å². The van der Waals surface area contributed by atoms with Crippen LogP contribution in [-0.4, -0.2) is 52.5 Å². The van der Waals surface area contributed by atoms with Crippen molar-refractivity contribution in [2.75, 3.05) is 19.4 Å². The van der Waals surface area contributed by atoms with Gasteiger partial charge >= 0.3 is 5.69 Å². The second-order valence-electron chi connectivity index (χ2n) is 5.64. The van der Waals surface area contributed by atoms with Gasteiger partial charge < -0.3 is 5.32 Å². The van der Waals surface area contributed by atoms with Gasteiger partial charge in [-0.15, -0.1) is 11.3 Å². The van der Waals surface area contributed by atoms with Gasteiger partial charge in [-0.05, 0) is 52.2 Å². The molecule has 0 unspecified atom stereocenters. The van der Waals surface area contributed by atoms with Crippen molar-refractivity contribution in [3.63, 3.8) is 0 Å². The van der Waals surface area contributed by atoms with Crippen LogP contribution in [-0.2, 0) is 21.4 Å². The van der Waals surface area contributed by atoms with Crippen LogP contribution in [0.3, 0.4) is 0 Å². The predicted molar refractivity (Wildman–Crippen MR) is 99.4 cm³/mol. The molecule has 0 fully saturated rings. The Hall–Kier alpha value is -2.83. The van der Waals surface area contributed by atoms with Crippen molar-refractivity contribution >= 4 is 33.0 Å². The molecule has 0 aliphatic heterocycles. The number of nitrogens with one attached hydrogen (secondary N) is 1. The Bertz CT molecular complexity index is 1100. The summed E-state index contributed by atoms with van der Waals surface area (Å²) in [6.45, 7) is -0.318. The van der Waals surface area contributed by atoms with Gasteiger partial charge in [0, 0.05) is 19.8 Å². The minimum Gasteiger partial charge on any atom is -0.324 e. The summed E-state index contributed by atoms with van der Waals surface area (Å²) in [7, 11) is -0.667. The zero-order valence-corrected chi connectivity index (χ0v) is 16.1. The summed E-state index contributed by atoms with van der Waals surface area (Å²) in [5.74, 6) is -0.487. The van der Waals surface area contributed by atoms with Gasteiger partial charge in [-0.3, -0.25) is 4.79 Å². The molecule has 0 saturated carbocycles. The van der Waals surface area contributed by atoms with Crippen LogP contribution in [0.25, 0.3) is 5.00 Å². The van der Waals surface area contributed by atoms with E-state index in [1.54, 1.807) is 17.5 Å². The first-order valence-corrected chi connectivity index (χ1v) is 10.00. The topological polar surface area (TPSA) is 119 Å². The molecule has 2 heterocycles. The first kappa shape index (κ1) is 18.9. The second kappa shape index (κ2) is 7.42. The van der Waals surface area contributed by atoms with Crippen molar-refractivity contribution in [3.05, 3.63) is 52.3 Å². The lowest BCUT2D eigenvalue weighted by Crippen LogP contribution is -2.29. The summed E-state index contributed by atoms with van der Waals surface area (Å²) in [5.41, 5.74) is -0.128. The van der Waals surface area contributed by atoms with Gasteiger partial charge in [-0.25, -0.2) is 17.5 Å². The van der Waals surface area contributed by atoms with E-state index in [2.05, 4.69) is 15.7 Å². The number of carbonyl (C=O) groups excluding carboxylic acids is 1. The van der Waals surface area contributed by atoms with E-state index in [4.69, 9.17) is 0 Å². The average molecular weight is 408 g/mol. The molecule has 3 aromatic rings. The van der Waals surface area contributed by atoms with Crippen LogP contribution in [0.1, 0.15) is 0 Å². The molecule has 27 heavy (non-hydrogen) atoms. The summed E-state index contributed by atoms with van der Waals surface area (Å²) >= 11 is 1.32. The highest BCUT2D eigenvalue weighted by Gasteiger charge is 2.17. The third-order valence-corrected chi connectivity index (χ3v) is 6.24. The Morgan fingerprint density at radius 1 is 1.19 bits per heavy atom. The van der Waals surface area contributed by atoms with E-state index in [-0.39, 0.29) is 11.4 Å². The van der Waals surface area contributed by atoms with E-state index in [0.29, 0.717) is 10.7 Å². The van der Waals surface area contributed by atoms with E-state index in [1.165, 1.54) is 49.7 Å². The lowest BCUT2D eigenvalue weighted by atomic mass is 10.3. The van der Waals surface area contributed by atoms with Crippen LogP contribution in [0.4, 0.5) is 5.69 Å². The second-order valence-corrected chi connectivity index (χ2v) is 8.72. The average Bonchev–Trinajstić information content (AvgIpc) is 3.26. The molecular formula is C15H16N6O4S2. The first-order valence-electron chi connectivity index (χ1n) is 7.68. The molecule has 0 bridgehead atoms. The van der Waals surface area contributed by atoms with Gasteiger partial charge in [0.25, 0.3) is 0 Å². The first-order chi connectivity index (χ1) is 12.8. The van der Waals surface area contributed by atoms with Crippen LogP contribution in [0.2, 0.25) is 0 Å². The fourth-order valence-corrected chi connectivity index (χ4v) is 3.73. The Morgan fingerprint density at radius 2 is 1.89 bits per heavy atom. The van der Waals surface area contributed by atoms with E-state index < -0.39 is 21.6 Å².